The van der Waals surface area contributed by atoms with Gasteiger partial charge in [-0.1, -0.05) is 6.07 Å². The first-order chi connectivity index (χ1) is 12.3. The third-order valence-corrected chi connectivity index (χ3v) is 4.78. The molecule has 9 heteroatoms. The minimum Gasteiger partial charge on any atom is -0.321 e. The fourth-order valence-corrected chi connectivity index (χ4v) is 3.59. The number of halogens is 1. The number of rotatable bonds is 5. The highest BCUT2D eigenvalue weighted by atomic mass is 32.2. The summed E-state index contributed by atoms with van der Waals surface area (Å²) >= 11 is 1.23. The van der Waals surface area contributed by atoms with Crippen LogP contribution in [0.4, 0.5) is 15.8 Å². The number of benzene rings is 1. The molecular formula is C17H14FN3O3S2. The highest BCUT2D eigenvalue weighted by Crippen LogP contribution is 2.25. The van der Waals surface area contributed by atoms with Crippen molar-refractivity contribution in [2.24, 2.45) is 0 Å². The van der Waals surface area contributed by atoms with E-state index in [0.717, 1.165) is 29.6 Å². The van der Waals surface area contributed by atoms with Crippen molar-refractivity contribution in [1.82, 2.24) is 4.98 Å². The van der Waals surface area contributed by atoms with Crippen LogP contribution in [0.2, 0.25) is 0 Å². The van der Waals surface area contributed by atoms with Gasteiger partial charge in [0.25, 0.3) is 5.91 Å². The Kier molecular flexibility index (Phi) is 5.01. The molecule has 2 N–H and O–H groups in total. The average Bonchev–Trinajstić information content (AvgIpc) is 3.03. The molecule has 0 bridgehead atoms. The van der Waals surface area contributed by atoms with E-state index < -0.39 is 21.7 Å². The number of carbonyl (C=O) groups excluding carboxylic acids is 1. The van der Waals surface area contributed by atoms with Crippen molar-refractivity contribution in [3.63, 3.8) is 0 Å². The van der Waals surface area contributed by atoms with Crippen molar-refractivity contribution in [2.75, 3.05) is 16.3 Å². The molecule has 1 amide bonds. The molecule has 6 nitrogen and oxygen atoms in total. The van der Waals surface area contributed by atoms with Gasteiger partial charge in [-0.3, -0.25) is 14.5 Å². The number of nitrogens with zero attached hydrogens (tertiary/aromatic N) is 1. The van der Waals surface area contributed by atoms with Crippen LogP contribution in [-0.4, -0.2) is 25.6 Å². The van der Waals surface area contributed by atoms with Crippen LogP contribution in [0.3, 0.4) is 0 Å². The average molecular weight is 391 g/mol. The Hall–Kier alpha value is -2.78. The Balaban J connectivity index is 1.79. The first-order valence-electron chi connectivity index (χ1n) is 7.40. The van der Waals surface area contributed by atoms with Gasteiger partial charge >= 0.3 is 0 Å². The van der Waals surface area contributed by atoms with Crippen LogP contribution in [0.5, 0.6) is 0 Å². The number of nitrogens with one attached hydrogen (secondary N) is 2. The first-order valence-corrected chi connectivity index (χ1v) is 10.2. The predicted octanol–water partition coefficient (Wildman–Crippen LogP) is 3.57. The summed E-state index contributed by atoms with van der Waals surface area (Å²) in [7, 11) is -3.55. The second-order valence-corrected chi connectivity index (χ2v) is 8.13. The Morgan fingerprint density at radius 3 is 2.62 bits per heavy atom. The molecule has 3 aromatic rings. The lowest BCUT2D eigenvalue weighted by Gasteiger charge is -2.08. The van der Waals surface area contributed by atoms with E-state index in [-0.39, 0.29) is 11.4 Å². The molecule has 0 aliphatic heterocycles. The molecule has 0 unspecified atom stereocenters. The lowest BCUT2D eigenvalue weighted by Crippen LogP contribution is -2.12. The van der Waals surface area contributed by atoms with E-state index in [1.807, 2.05) is 12.1 Å². The molecule has 0 saturated carbocycles. The van der Waals surface area contributed by atoms with Crippen LogP contribution in [-0.2, 0) is 10.0 Å². The summed E-state index contributed by atoms with van der Waals surface area (Å²) in [5, 5.41) is 4.37. The summed E-state index contributed by atoms with van der Waals surface area (Å²) in [4.78, 5) is 17.0. The number of amides is 1. The fourth-order valence-electron chi connectivity index (χ4n) is 2.25. The lowest BCUT2D eigenvalue weighted by molar-refractivity contribution is 0.103. The zero-order chi connectivity index (χ0) is 18.7. The molecular weight excluding hydrogens is 377 g/mol. The van der Waals surface area contributed by atoms with Crippen LogP contribution in [0.25, 0.3) is 11.3 Å². The molecule has 0 radical (unpaired) electrons. The second kappa shape index (κ2) is 7.22. The largest absolute Gasteiger partial charge is 0.321 e. The van der Waals surface area contributed by atoms with Gasteiger partial charge in [0.05, 0.1) is 22.5 Å². The molecule has 0 aliphatic carbocycles. The molecule has 0 spiro atoms. The van der Waals surface area contributed by atoms with Gasteiger partial charge in [-0.15, -0.1) is 11.3 Å². The molecule has 134 valence electrons. The summed E-state index contributed by atoms with van der Waals surface area (Å²) < 4.78 is 38.4. The standard InChI is InChI=1S/C17H14FN3O3S2/c1-26(23,24)21-14-8-12(18)7-13(9-14)20-17(22)16-6-11(10-25-16)15-4-2-3-5-19-15/h2-10,21H,1H3,(H,20,22). The van der Waals surface area contributed by atoms with Gasteiger partial charge in [-0.05, 0) is 36.4 Å². The van der Waals surface area contributed by atoms with E-state index in [9.17, 15) is 17.6 Å². The Morgan fingerprint density at radius 2 is 1.92 bits per heavy atom. The highest BCUT2D eigenvalue weighted by Gasteiger charge is 2.13. The van der Waals surface area contributed by atoms with E-state index in [2.05, 4.69) is 15.0 Å². The normalized spacial score (nSPS) is 11.2. The molecule has 26 heavy (non-hydrogen) atoms. The van der Waals surface area contributed by atoms with Crippen LogP contribution in [0, 0.1) is 5.82 Å². The van der Waals surface area contributed by atoms with Crippen LogP contribution < -0.4 is 10.0 Å². The van der Waals surface area contributed by atoms with Crippen molar-refractivity contribution in [3.05, 3.63) is 64.7 Å². The molecule has 2 aromatic heterocycles. The number of hydrogen-bond acceptors (Lipinski definition) is 5. The minimum atomic E-state index is -3.55. The van der Waals surface area contributed by atoms with Crippen LogP contribution in [0.1, 0.15) is 9.67 Å². The van der Waals surface area contributed by atoms with Gasteiger partial charge in [-0.2, -0.15) is 0 Å². The third kappa shape index (κ3) is 4.64. The number of sulfonamides is 1. The summed E-state index contributed by atoms with van der Waals surface area (Å²) in [6.45, 7) is 0. The Morgan fingerprint density at radius 1 is 1.15 bits per heavy atom. The van der Waals surface area contributed by atoms with E-state index >= 15 is 0 Å². The zero-order valence-corrected chi connectivity index (χ0v) is 15.2. The maximum Gasteiger partial charge on any atom is 0.265 e. The zero-order valence-electron chi connectivity index (χ0n) is 13.6. The molecule has 0 saturated heterocycles. The number of thiophene rings is 1. The van der Waals surface area contributed by atoms with Gasteiger partial charge in [0.2, 0.25) is 10.0 Å². The summed E-state index contributed by atoms with van der Waals surface area (Å²) in [6.07, 6.45) is 2.62. The van der Waals surface area contributed by atoms with Crippen molar-refractivity contribution >= 4 is 38.6 Å². The van der Waals surface area contributed by atoms with Crippen molar-refractivity contribution < 1.29 is 17.6 Å². The second-order valence-electron chi connectivity index (χ2n) is 5.47. The number of pyridine rings is 1. The van der Waals surface area contributed by atoms with Crippen molar-refractivity contribution in [1.29, 1.82) is 0 Å². The molecule has 1 aromatic carbocycles. The fraction of sp³-hybridized carbons (Fsp3) is 0.0588. The predicted molar refractivity (Wildman–Crippen MR) is 100 cm³/mol. The Labute approximate surface area is 153 Å². The van der Waals surface area contributed by atoms with E-state index in [4.69, 9.17) is 0 Å². The maximum atomic E-state index is 13.7. The highest BCUT2D eigenvalue weighted by molar-refractivity contribution is 7.92. The number of anilines is 2. The quantitative estimate of drug-likeness (QED) is 0.696. The Bertz CT molecular complexity index is 1050. The number of carbonyl (C=O) groups is 1. The lowest BCUT2D eigenvalue weighted by atomic mass is 10.2. The monoisotopic (exact) mass is 391 g/mol. The van der Waals surface area contributed by atoms with Gasteiger partial charge in [0.15, 0.2) is 0 Å². The molecule has 3 rings (SSSR count). The molecule has 0 atom stereocenters. The topological polar surface area (TPSA) is 88.2 Å². The number of aromatic nitrogens is 1. The minimum absolute atomic E-state index is 0.0307. The summed E-state index contributed by atoms with van der Waals surface area (Å²) in [6, 6.07) is 10.7. The van der Waals surface area contributed by atoms with Gasteiger partial charge in [-0.25, -0.2) is 12.8 Å². The van der Waals surface area contributed by atoms with Crippen molar-refractivity contribution in [3.8, 4) is 11.3 Å². The van der Waals surface area contributed by atoms with E-state index in [1.54, 1.807) is 23.7 Å². The molecule has 0 fully saturated rings. The molecule has 0 aliphatic rings. The van der Waals surface area contributed by atoms with E-state index in [0.29, 0.717) is 4.88 Å². The van der Waals surface area contributed by atoms with Crippen LogP contribution >= 0.6 is 11.3 Å². The summed E-state index contributed by atoms with van der Waals surface area (Å²) in [5.74, 6) is -1.10. The van der Waals surface area contributed by atoms with E-state index in [1.165, 1.54) is 17.4 Å². The number of hydrogen-bond donors (Lipinski definition) is 2. The van der Waals surface area contributed by atoms with Gasteiger partial charge < -0.3 is 5.32 Å². The van der Waals surface area contributed by atoms with Crippen LogP contribution in [0.15, 0.2) is 54.0 Å². The van der Waals surface area contributed by atoms with Gasteiger partial charge in [0, 0.05) is 22.8 Å². The smallest absolute Gasteiger partial charge is 0.265 e. The third-order valence-electron chi connectivity index (χ3n) is 3.24. The summed E-state index contributed by atoms with van der Waals surface area (Å²) in [5.41, 5.74) is 1.73. The van der Waals surface area contributed by atoms with Crippen molar-refractivity contribution in [2.45, 2.75) is 0 Å². The molecule has 2 heterocycles. The van der Waals surface area contributed by atoms with Gasteiger partial charge in [0.1, 0.15) is 5.82 Å². The SMILES string of the molecule is CS(=O)(=O)Nc1cc(F)cc(NC(=O)c2cc(-c3ccccn3)cs2)c1. The first kappa shape index (κ1) is 18.0. The maximum absolute atomic E-state index is 13.7.